The van der Waals surface area contributed by atoms with Gasteiger partial charge in [-0.15, -0.1) is 0 Å². The van der Waals surface area contributed by atoms with E-state index in [1.807, 2.05) is 22.8 Å². The Hall–Kier alpha value is -2.87. The van der Waals surface area contributed by atoms with E-state index in [1.54, 1.807) is 26.9 Å². The van der Waals surface area contributed by atoms with E-state index in [9.17, 15) is 0 Å². The summed E-state index contributed by atoms with van der Waals surface area (Å²) in [5, 5.41) is 3.34. The van der Waals surface area contributed by atoms with Crippen LogP contribution in [0.25, 0.3) is 11.2 Å². The van der Waals surface area contributed by atoms with Gasteiger partial charge in [-0.2, -0.15) is 0 Å². The lowest BCUT2D eigenvalue weighted by molar-refractivity contribution is -0.0298. The van der Waals surface area contributed by atoms with Crippen molar-refractivity contribution in [3.63, 3.8) is 0 Å². The van der Waals surface area contributed by atoms with Gasteiger partial charge >= 0.3 is 0 Å². The number of methoxy groups -OCH3 is 2. The first kappa shape index (κ1) is 17.5. The second-order valence-corrected chi connectivity index (χ2v) is 6.44. The van der Waals surface area contributed by atoms with E-state index in [0.29, 0.717) is 12.4 Å². The maximum Gasteiger partial charge on any atom is 0.167 e. The number of ether oxygens (including phenoxy) is 3. The van der Waals surface area contributed by atoms with Gasteiger partial charge in [0.05, 0.1) is 20.5 Å². The van der Waals surface area contributed by atoms with Gasteiger partial charge in [0.1, 0.15) is 24.1 Å². The van der Waals surface area contributed by atoms with Crippen LogP contribution in [0.1, 0.15) is 31.1 Å². The van der Waals surface area contributed by atoms with Crippen molar-refractivity contribution in [2.24, 2.45) is 0 Å². The third kappa shape index (κ3) is 3.66. The second kappa shape index (κ2) is 7.79. The van der Waals surface area contributed by atoms with Gasteiger partial charge in [0.25, 0.3) is 0 Å². The van der Waals surface area contributed by atoms with Crippen LogP contribution in [0.4, 0.5) is 5.82 Å². The smallest absolute Gasteiger partial charge is 0.167 e. The first-order valence-corrected chi connectivity index (χ1v) is 9.03. The Kier molecular flexibility index (Phi) is 5.06. The van der Waals surface area contributed by atoms with E-state index in [1.165, 1.54) is 0 Å². The molecule has 1 fully saturated rings. The Labute approximate surface area is 157 Å². The molecule has 1 aliphatic heterocycles. The van der Waals surface area contributed by atoms with E-state index in [-0.39, 0.29) is 6.23 Å². The highest BCUT2D eigenvalue weighted by Gasteiger charge is 2.20. The first-order valence-electron chi connectivity index (χ1n) is 9.03. The summed E-state index contributed by atoms with van der Waals surface area (Å²) in [7, 11) is 3.28. The normalized spacial score (nSPS) is 17.0. The third-order valence-electron chi connectivity index (χ3n) is 4.70. The molecule has 0 amide bonds. The lowest BCUT2D eigenvalue weighted by Gasteiger charge is -2.23. The summed E-state index contributed by atoms with van der Waals surface area (Å²) in [6.45, 7) is 1.34. The topological polar surface area (TPSA) is 83.3 Å². The number of nitrogens with one attached hydrogen (secondary N) is 1. The predicted molar refractivity (Wildman–Crippen MR) is 101 cm³/mol. The van der Waals surface area contributed by atoms with Crippen LogP contribution in [-0.2, 0) is 11.3 Å². The van der Waals surface area contributed by atoms with Crippen molar-refractivity contribution in [1.82, 2.24) is 19.5 Å². The molecule has 1 unspecified atom stereocenters. The zero-order chi connectivity index (χ0) is 18.6. The molecular weight excluding hydrogens is 346 g/mol. The molecule has 27 heavy (non-hydrogen) atoms. The van der Waals surface area contributed by atoms with Crippen LogP contribution in [0, 0.1) is 0 Å². The highest BCUT2D eigenvalue weighted by Crippen LogP contribution is 2.28. The Balaban J connectivity index is 1.57. The summed E-state index contributed by atoms with van der Waals surface area (Å²) in [5.41, 5.74) is 2.54. The zero-order valence-corrected chi connectivity index (χ0v) is 15.5. The maximum absolute atomic E-state index is 5.87. The molecular formula is C19H23N5O3. The highest BCUT2D eigenvalue weighted by molar-refractivity contribution is 5.82. The first-order chi connectivity index (χ1) is 13.3. The fraction of sp³-hybridized carbons (Fsp3) is 0.421. The second-order valence-electron chi connectivity index (χ2n) is 6.44. The van der Waals surface area contributed by atoms with E-state index in [4.69, 9.17) is 14.2 Å². The summed E-state index contributed by atoms with van der Waals surface area (Å²) < 4.78 is 18.5. The molecule has 3 heterocycles. The van der Waals surface area contributed by atoms with Crippen molar-refractivity contribution in [3.05, 3.63) is 36.4 Å². The summed E-state index contributed by atoms with van der Waals surface area (Å²) in [5.74, 6) is 2.19. The van der Waals surface area contributed by atoms with E-state index in [2.05, 4.69) is 20.3 Å². The molecule has 0 radical (unpaired) electrons. The minimum atomic E-state index is -0.00542. The molecule has 3 aromatic rings. The molecule has 8 nitrogen and oxygen atoms in total. The lowest BCUT2D eigenvalue weighted by atomic mass is 10.2. The largest absolute Gasteiger partial charge is 0.497 e. The summed E-state index contributed by atoms with van der Waals surface area (Å²) in [4.78, 5) is 13.3. The summed E-state index contributed by atoms with van der Waals surface area (Å²) in [6.07, 6.45) is 6.57. The van der Waals surface area contributed by atoms with Gasteiger partial charge in [-0.3, -0.25) is 4.57 Å². The maximum atomic E-state index is 5.87. The summed E-state index contributed by atoms with van der Waals surface area (Å²) >= 11 is 0. The summed E-state index contributed by atoms with van der Waals surface area (Å²) in [6, 6.07) is 5.77. The van der Waals surface area contributed by atoms with Gasteiger partial charge < -0.3 is 19.5 Å². The number of nitrogens with zero attached hydrogens (tertiary/aromatic N) is 4. The molecule has 4 rings (SSSR count). The number of benzene rings is 1. The molecule has 2 aromatic heterocycles. The van der Waals surface area contributed by atoms with Crippen LogP contribution in [0.15, 0.2) is 30.9 Å². The minimum Gasteiger partial charge on any atom is -0.497 e. The van der Waals surface area contributed by atoms with Crippen molar-refractivity contribution in [1.29, 1.82) is 0 Å². The Morgan fingerprint density at radius 1 is 1.11 bits per heavy atom. The van der Waals surface area contributed by atoms with Gasteiger partial charge in [-0.1, -0.05) is 0 Å². The molecule has 1 atom stereocenters. The van der Waals surface area contributed by atoms with Crippen molar-refractivity contribution in [2.75, 3.05) is 26.1 Å². The number of hydrogen-bond acceptors (Lipinski definition) is 7. The molecule has 1 saturated heterocycles. The molecule has 0 saturated carbocycles. The van der Waals surface area contributed by atoms with Crippen molar-refractivity contribution >= 4 is 17.0 Å². The minimum absolute atomic E-state index is 0.00542. The van der Waals surface area contributed by atoms with Crippen LogP contribution in [0.2, 0.25) is 0 Å². The number of aromatic nitrogens is 4. The molecule has 142 valence electrons. The van der Waals surface area contributed by atoms with Gasteiger partial charge in [0.2, 0.25) is 0 Å². The highest BCUT2D eigenvalue weighted by atomic mass is 16.5. The van der Waals surface area contributed by atoms with Crippen LogP contribution < -0.4 is 14.8 Å². The van der Waals surface area contributed by atoms with E-state index >= 15 is 0 Å². The number of fused-ring (bicyclic) bond motifs is 1. The van der Waals surface area contributed by atoms with Crippen molar-refractivity contribution < 1.29 is 14.2 Å². The SMILES string of the molecule is COc1cc(CNc2ncnc3c2ncn3C2CCCCO2)cc(OC)c1. The molecule has 0 bridgehead atoms. The van der Waals surface area contributed by atoms with E-state index in [0.717, 1.165) is 54.1 Å². The van der Waals surface area contributed by atoms with Crippen LogP contribution in [0.3, 0.4) is 0 Å². The van der Waals surface area contributed by atoms with Gasteiger partial charge in [0.15, 0.2) is 17.0 Å². The average Bonchev–Trinajstić information content (AvgIpc) is 3.17. The molecule has 1 aromatic carbocycles. The monoisotopic (exact) mass is 369 g/mol. The quantitative estimate of drug-likeness (QED) is 0.714. The molecule has 0 aliphatic carbocycles. The molecule has 1 N–H and O–H groups in total. The molecule has 8 heteroatoms. The van der Waals surface area contributed by atoms with Crippen LogP contribution in [-0.4, -0.2) is 40.3 Å². The molecule has 0 spiro atoms. The number of hydrogen-bond donors (Lipinski definition) is 1. The lowest BCUT2D eigenvalue weighted by Crippen LogP contribution is -2.17. The Bertz CT molecular complexity index is 899. The Morgan fingerprint density at radius 3 is 2.63 bits per heavy atom. The Morgan fingerprint density at radius 2 is 1.93 bits per heavy atom. The average molecular weight is 369 g/mol. The number of rotatable bonds is 6. The van der Waals surface area contributed by atoms with Gasteiger partial charge in [-0.25, -0.2) is 15.0 Å². The van der Waals surface area contributed by atoms with Crippen molar-refractivity contribution in [3.8, 4) is 11.5 Å². The molecule has 1 aliphatic rings. The van der Waals surface area contributed by atoms with Gasteiger partial charge in [-0.05, 0) is 37.0 Å². The number of imidazole rings is 1. The van der Waals surface area contributed by atoms with Crippen molar-refractivity contribution in [2.45, 2.75) is 32.0 Å². The zero-order valence-electron chi connectivity index (χ0n) is 15.5. The fourth-order valence-corrected chi connectivity index (χ4v) is 3.29. The number of anilines is 1. The standard InChI is InChI=1S/C19H23N5O3/c1-25-14-7-13(8-15(9-14)26-2)10-20-18-17-19(22-11-21-18)24(12-23-17)16-5-3-4-6-27-16/h7-9,11-12,16H,3-6,10H2,1-2H3,(H,20,21,22). The third-order valence-corrected chi connectivity index (χ3v) is 4.70. The predicted octanol–water partition coefficient (Wildman–Crippen LogP) is 3.15. The van der Waals surface area contributed by atoms with E-state index < -0.39 is 0 Å². The van der Waals surface area contributed by atoms with Crippen LogP contribution in [0.5, 0.6) is 11.5 Å². The van der Waals surface area contributed by atoms with Crippen LogP contribution >= 0.6 is 0 Å². The van der Waals surface area contributed by atoms with Gasteiger partial charge in [0, 0.05) is 19.2 Å². The fourth-order valence-electron chi connectivity index (χ4n) is 3.29.